The van der Waals surface area contributed by atoms with E-state index in [0.29, 0.717) is 31.9 Å². The third kappa shape index (κ3) is 5.58. The number of nitrogens with one attached hydrogen (secondary N) is 1. The Morgan fingerprint density at radius 2 is 1.74 bits per heavy atom. The minimum atomic E-state index is -3.55. The smallest absolute Gasteiger partial charge is 0.243 e. The normalized spacial score (nSPS) is 18.7. The van der Waals surface area contributed by atoms with Gasteiger partial charge in [-0.05, 0) is 41.8 Å². The number of sulfonamides is 1. The summed E-state index contributed by atoms with van der Waals surface area (Å²) in [7, 11) is -3.55. The van der Waals surface area contributed by atoms with E-state index in [1.165, 1.54) is 27.6 Å². The van der Waals surface area contributed by atoms with Gasteiger partial charge in [0.1, 0.15) is 0 Å². The first-order valence-corrected chi connectivity index (χ1v) is 13.7. The van der Waals surface area contributed by atoms with E-state index in [2.05, 4.69) is 34.5 Å². The topological polar surface area (TPSA) is 90.0 Å². The highest BCUT2D eigenvalue weighted by atomic mass is 32.2. The summed E-state index contributed by atoms with van der Waals surface area (Å²) in [5.74, 6) is -0.653. The summed E-state index contributed by atoms with van der Waals surface area (Å²) in [6.07, 6.45) is 1.17. The monoisotopic (exact) mass is 498 g/mol. The molecule has 188 valence electrons. The number of amides is 2. The third-order valence-electron chi connectivity index (χ3n) is 6.92. The maximum absolute atomic E-state index is 12.7. The summed E-state index contributed by atoms with van der Waals surface area (Å²) in [4.78, 5) is 29.5. The predicted molar refractivity (Wildman–Crippen MR) is 135 cm³/mol. The Kier molecular flexibility index (Phi) is 7.88. The summed E-state index contributed by atoms with van der Waals surface area (Å²) in [6, 6.07) is 14.8. The van der Waals surface area contributed by atoms with Crippen LogP contribution >= 0.6 is 0 Å². The molecular formula is C26H34N4O4S. The minimum Gasteiger partial charge on any atom is -0.355 e. The average Bonchev–Trinajstić information content (AvgIpc) is 3.26. The van der Waals surface area contributed by atoms with Gasteiger partial charge in [0.25, 0.3) is 0 Å². The van der Waals surface area contributed by atoms with Crippen LogP contribution in [0.25, 0.3) is 0 Å². The number of carbonyl (C=O) groups excluding carboxylic acids is 2. The molecule has 2 aromatic carbocycles. The van der Waals surface area contributed by atoms with Crippen LogP contribution in [0.4, 0.5) is 5.69 Å². The standard InChI is InChI=1S/C26H34N4O4S/c1-3-29(4-2)35(33,34)24-11-9-23(10-12-24)30-19-22(17-25(30)31)26(32)27-14-16-28-15-13-20-7-5-6-8-21(20)18-28/h5-12,22H,3-4,13-19H2,1-2H3,(H,27,32). The first kappa shape index (κ1) is 25.3. The molecule has 0 aromatic heterocycles. The zero-order valence-corrected chi connectivity index (χ0v) is 21.3. The molecule has 0 aliphatic carbocycles. The van der Waals surface area contributed by atoms with Crippen molar-refractivity contribution in [2.75, 3.05) is 44.2 Å². The first-order chi connectivity index (χ1) is 16.8. The number of carbonyl (C=O) groups is 2. The molecule has 2 aliphatic heterocycles. The number of anilines is 1. The SMILES string of the molecule is CCN(CC)S(=O)(=O)c1ccc(N2CC(C(=O)NCCN3CCc4ccccc4C3)CC2=O)cc1. The van der Waals surface area contributed by atoms with Crippen LogP contribution in [0.5, 0.6) is 0 Å². The van der Waals surface area contributed by atoms with E-state index in [4.69, 9.17) is 0 Å². The lowest BCUT2D eigenvalue weighted by molar-refractivity contribution is -0.126. The second-order valence-electron chi connectivity index (χ2n) is 9.07. The highest BCUT2D eigenvalue weighted by Crippen LogP contribution is 2.27. The Balaban J connectivity index is 1.29. The van der Waals surface area contributed by atoms with Gasteiger partial charge >= 0.3 is 0 Å². The Morgan fingerprint density at radius 1 is 1.06 bits per heavy atom. The molecule has 2 aliphatic rings. The third-order valence-corrected chi connectivity index (χ3v) is 8.99. The molecule has 1 unspecified atom stereocenters. The van der Waals surface area contributed by atoms with Crippen molar-refractivity contribution in [1.82, 2.24) is 14.5 Å². The van der Waals surface area contributed by atoms with Crippen LogP contribution in [0.2, 0.25) is 0 Å². The van der Waals surface area contributed by atoms with Crippen molar-refractivity contribution >= 4 is 27.5 Å². The van der Waals surface area contributed by atoms with Gasteiger partial charge in [-0.3, -0.25) is 14.5 Å². The average molecular weight is 499 g/mol. The molecule has 8 nitrogen and oxygen atoms in total. The number of benzene rings is 2. The maximum atomic E-state index is 12.7. The fourth-order valence-corrected chi connectivity index (χ4v) is 6.33. The summed E-state index contributed by atoms with van der Waals surface area (Å²) in [6.45, 7) is 7.87. The molecule has 1 atom stereocenters. The first-order valence-electron chi connectivity index (χ1n) is 12.3. The summed E-state index contributed by atoms with van der Waals surface area (Å²) >= 11 is 0. The quantitative estimate of drug-likeness (QED) is 0.573. The molecule has 2 heterocycles. The van der Waals surface area contributed by atoms with Crippen molar-refractivity contribution < 1.29 is 18.0 Å². The Hall–Kier alpha value is -2.75. The minimum absolute atomic E-state index is 0.112. The van der Waals surface area contributed by atoms with E-state index in [0.717, 1.165) is 26.1 Å². The Labute approximate surface area is 207 Å². The van der Waals surface area contributed by atoms with E-state index >= 15 is 0 Å². The van der Waals surface area contributed by atoms with Crippen molar-refractivity contribution in [2.24, 2.45) is 5.92 Å². The Morgan fingerprint density at radius 3 is 2.43 bits per heavy atom. The van der Waals surface area contributed by atoms with Crippen LogP contribution in [-0.4, -0.2) is 68.7 Å². The molecule has 0 saturated carbocycles. The molecular weight excluding hydrogens is 464 g/mol. The van der Waals surface area contributed by atoms with Crippen LogP contribution in [0.15, 0.2) is 53.4 Å². The van der Waals surface area contributed by atoms with Crippen LogP contribution in [0, 0.1) is 5.92 Å². The van der Waals surface area contributed by atoms with Gasteiger partial charge in [-0.25, -0.2) is 8.42 Å². The maximum Gasteiger partial charge on any atom is 0.243 e. The van der Waals surface area contributed by atoms with Crippen LogP contribution in [-0.2, 0) is 32.6 Å². The largest absolute Gasteiger partial charge is 0.355 e. The van der Waals surface area contributed by atoms with Gasteiger partial charge in [-0.1, -0.05) is 38.1 Å². The van der Waals surface area contributed by atoms with E-state index in [-0.39, 0.29) is 23.1 Å². The van der Waals surface area contributed by atoms with Gasteiger partial charge in [0.15, 0.2) is 0 Å². The molecule has 35 heavy (non-hydrogen) atoms. The highest BCUT2D eigenvalue weighted by Gasteiger charge is 2.35. The van der Waals surface area contributed by atoms with Crippen LogP contribution < -0.4 is 10.2 Å². The Bertz CT molecular complexity index is 1160. The molecule has 2 amide bonds. The van der Waals surface area contributed by atoms with Crippen molar-refractivity contribution in [3.63, 3.8) is 0 Å². The van der Waals surface area contributed by atoms with Crippen molar-refractivity contribution in [1.29, 1.82) is 0 Å². The summed E-state index contributed by atoms with van der Waals surface area (Å²) in [5.41, 5.74) is 3.35. The molecule has 4 rings (SSSR count). The van der Waals surface area contributed by atoms with Crippen LogP contribution in [0.3, 0.4) is 0 Å². The van der Waals surface area contributed by atoms with Gasteiger partial charge in [0.05, 0.1) is 10.8 Å². The lowest BCUT2D eigenvalue weighted by Crippen LogP contribution is -2.40. The molecule has 1 N–H and O–H groups in total. The van der Waals surface area contributed by atoms with E-state index < -0.39 is 15.9 Å². The van der Waals surface area contributed by atoms with Crippen LogP contribution in [0.1, 0.15) is 31.4 Å². The molecule has 0 spiro atoms. The van der Waals surface area contributed by atoms with E-state index in [1.807, 2.05) is 0 Å². The second kappa shape index (κ2) is 10.9. The number of hydrogen-bond acceptors (Lipinski definition) is 5. The summed E-state index contributed by atoms with van der Waals surface area (Å²) < 4.78 is 26.8. The lowest BCUT2D eigenvalue weighted by atomic mass is 10.00. The van der Waals surface area contributed by atoms with Crippen molar-refractivity contribution in [2.45, 2.75) is 38.1 Å². The van der Waals surface area contributed by atoms with Gasteiger partial charge in [0.2, 0.25) is 21.8 Å². The number of nitrogens with zero attached hydrogens (tertiary/aromatic N) is 3. The molecule has 1 saturated heterocycles. The van der Waals surface area contributed by atoms with Gasteiger partial charge in [0, 0.05) is 57.9 Å². The summed E-state index contributed by atoms with van der Waals surface area (Å²) in [5, 5.41) is 3.00. The molecule has 2 aromatic rings. The van der Waals surface area contributed by atoms with Crippen molar-refractivity contribution in [3.05, 3.63) is 59.7 Å². The number of rotatable bonds is 9. The molecule has 0 radical (unpaired) electrons. The molecule has 9 heteroatoms. The number of fused-ring (bicyclic) bond motifs is 1. The number of hydrogen-bond donors (Lipinski definition) is 1. The predicted octanol–water partition coefficient (Wildman–Crippen LogP) is 2.24. The fraction of sp³-hybridized carbons (Fsp3) is 0.462. The van der Waals surface area contributed by atoms with Gasteiger partial charge < -0.3 is 10.2 Å². The van der Waals surface area contributed by atoms with E-state index in [9.17, 15) is 18.0 Å². The van der Waals surface area contributed by atoms with E-state index in [1.54, 1.807) is 30.9 Å². The lowest BCUT2D eigenvalue weighted by Gasteiger charge is -2.28. The van der Waals surface area contributed by atoms with Crippen molar-refractivity contribution in [3.8, 4) is 0 Å². The second-order valence-corrected chi connectivity index (χ2v) is 11.0. The molecule has 1 fully saturated rings. The highest BCUT2D eigenvalue weighted by molar-refractivity contribution is 7.89. The zero-order chi connectivity index (χ0) is 25.0. The van der Waals surface area contributed by atoms with Gasteiger partial charge in [-0.15, -0.1) is 0 Å². The zero-order valence-electron chi connectivity index (χ0n) is 20.4. The fourth-order valence-electron chi connectivity index (χ4n) is 4.87. The molecule has 0 bridgehead atoms. The van der Waals surface area contributed by atoms with Gasteiger partial charge in [-0.2, -0.15) is 4.31 Å².